The molecule has 4 rings (SSSR count). The van der Waals surface area contributed by atoms with Crippen LogP contribution in [-0.4, -0.2) is 41.8 Å². The van der Waals surface area contributed by atoms with E-state index in [1.54, 1.807) is 21.9 Å². The van der Waals surface area contributed by atoms with Crippen LogP contribution in [-0.2, 0) is 16.1 Å². The third-order valence-corrected chi connectivity index (χ3v) is 6.42. The predicted octanol–water partition coefficient (Wildman–Crippen LogP) is 4.66. The van der Waals surface area contributed by atoms with Gasteiger partial charge in [-0.05, 0) is 55.0 Å². The molecule has 7 heteroatoms. The highest BCUT2D eigenvalue weighted by Crippen LogP contribution is 2.37. The molecule has 1 heterocycles. The molecule has 3 aromatic carbocycles. The Morgan fingerprint density at radius 2 is 1.74 bits per heavy atom. The predicted molar refractivity (Wildman–Crippen MR) is 135 cm³/mol. The van der Waals surface area contributed by atoms with Gasteiger partial charge in [0.05, 0.1) is 5.69 Å². The first-order chi connectivity index (χ1) is 16.9. The highest BCUT2D eigenvalue weighted by atomic mass is 19.1. The number of carbonyl (C=O) groups excluding carboxylic acids is 3. The maximum Gasteiger partial charge on any atom is 0.258 e. The summed E-state index contributed by atoms with van der Waals surface area (Å²) in [7, 11) is 0. The van der Waals surface area contributed by atoms with Gasteiger partial charge in [0.2, 0.25) is 11.8 Å². The van der Waals surface area contributed by atoms with E-state index in [4.69, 9.17) is 0 Å². The number of amides is 3. The maximum atomic E-state index is 13.4. The molecule has 35 heavy (non-hydrogen) atoms. The van der Waals surface area contributed by atoms with Crippen LogP contribution in [0.4, 0.5) is 10.1 Å². The second kappa shape index (κ2) is 10.7. The Balaban J connectivity index is 1.48. The number of halogens is 1. The highest BCUT2D eigenvalue weighted by molar-refractivity contribution is 6.25. The number of hydrogen-bond donors (Lipinski definition) is 1. The molecule has 0 radical (unpaired) electrons. The van der Waals surface area contributed by atoms with Crippen LogP contribution in [0.1, 0.15) is 49.0 Å². The smallest absolute Gasteiger partial charge is 0.258 e. The van der Waals surface area contributed by atoms with Crippen molar-refractivity contribution in [1.82, 2.24) is 10.2 Å². The van der Waals surface area contributed by atoms with Gasteiger partial charge in [0, 0.05) is 37.0 Å². The van der Waals surface area contributed by atoms with E-state index < -0.39 is 6.04 Å². The number of anilines is 1. The van der Waals surface area contributed by atoms with E-state index in [2.05, 4.69) is 5.32 Å². The fraction of sp³-hybridized carbons (Fsp3) is 0.321. The number of likely N-dealkylation sites (N-methyl/N-ethyl adjacent to an activating group) is 1. The molecule has 0 saturated heterocycles. The number of nitrogens with one attached hydrogen (secondary N) is 1. The van der Waals surface area contributed by atoms with Gasteiger partial charge < -0.3 is 15.1 Å². The van der Waals surface area contributed by atoms with Crippen LogP contribution in [0, 0.1) is 5.82 Å². The van der Waals surface area contributed by atoms with Gasteiger partial charge in [-0.1, -0.05) is 43.3 Å². The molecule has 0 fully saturated rings. The molecule has 1 aliphatic rings. The summed E-state index contributed by atoms with van der Waals surface area (Å²) in [5.74, 6) is -0.785. The van der Waals surface area contributed by atoms with E-state index in [0.29, 0.717) is 31.5 Å². The van der Waals surface area contributed by atoms with Crippen LogP contribution in [0.5, 0.6) is 0 Å². The number of hydrogen-bond acceptors (Lipinski definition) is 3. The van der Waals surface area contributed by atoms with E-state index in [9.17, 15) is 18.8 Å². The molecule has 182 valence electrons. The average Bonchev–Trinajstić information content (AvgIpc) is 3.13. The lowest BCUT2D eigenvalue weighted by Gasteiger charge is -2.31. The first kappa shape index (κ1) is 24.4. The number of benzene rings is 3. The Labute approximate surface area is 204 Å². The highest BCUT2D eigenvalue weighted by Gasteiger charge is 2.31. The van der Waals surface area contributed by atoms with Crippen molar-refractivity contribution in [3.05, 3.63) is 77.6 Å². The Morgan fingerprint density at radius 3 is 2.43 bits per heavy atom. The lowest BCUT2D eigenvalue weighted by molar-refractivity contribution is -0.141. The van der Waals surface area contributed by atoms with E-state index in [-0.39, 0.29) is 36.5 Å². The minimum Gasteiger partial charge on any atom is -0.355 e. The van der Waals surface area contributed by atoms with Crippen molar-refractivity contribution in [2.75, 3.05) is 18.0 Å². The fourth-order valence-corrected chi connectivity index (χ4v) is 4.73. The van der Waals surface area contributed by atoms with Gasteiger partial charge in [0.15, 0.2) is 0 Å². The van der Waals surface area contributed by atoms with E-state index >= 15 is 0 Å². The molecular weight excluding hydrogens is 445 g/mol. The van der Waals surface area contributed by atoms with Crippen molar-refractivity contribution in [3.8, 4) is 0 Å². The van der Waals surface area contributed by atoms with Crippen LogP contribution in [0.3, 0.4) is 0 Å². The van der Waals surface area contributed by atoms with Gasteiger partial charge >= 0.3 is 0 Å². The van der Waals surface area contributed by atoms with Crippen molar-refractivity contribution in [3.63, 3.8) is 0 Å². The summed E-state index contributed by atoms with van der Waals surface area (Å²) in [6, 6.07) is 16.9. The summed E-state index contributed by atoms with van der Waals surface area (Å²) in [6.07, 6.45) is 1.11. The molecule has 0 aliphatic carbocycles. The van der Waals surface area contributed by atoms with Crippen LogP contribution in [0.25, 0.3) is 10.8 Å². The van der Waals surface area contributed by atoms with Gasteiger partial charge in [0.1, 0.15) is 11.9 Å². The van der Waals surface area contributed by atoms with Crippen molar-refractivity contribution >= 4 is 34.2 Å². The minimum absolute atomic E-state index is 0.0545. The average molecular weight is 476 g/mol. The fourth-order valence-electron chi connectivity index (χ4n) is 4.73. The van der Waals surface area contributed by atoms with Gasteiger partial charge in [0.25, 0.3) is 5.91 Å². The summed E-state index contributed by atoms with van der Waals surface area (Å²) in [5, 5.41) is 4.78. The molecule has 6 nitrogen and oxygen atoms in total. The summed E-state index contributed by atoms with van der Waals surface area (Å²) in [6.45, 7) is 4.79. The molecule has 0 aromatic heterocycles. The third kappa shape index (κ3) is 5.04. The zero-order chi connectivity index (χ0) is 24.9. The molecule has 1 N–H and O–H groups in total. The number of nitrogens with zero attached hydrogens (tertiary/aromatic N) is 2. The minimum atomic E-state index is -0.626. The molecular formula is C28H30FN3O3. The lowest BCUT2D eigenvalue weighted by atomic mass is 10.1. The molecule has 1 aliphatic heterocycles. The molecule has 1 atom stereocenters. The largest absolute Gasteiger partial charge is 0.355 e. The Morgan fingerprint density at radius 1 is 1.03 bits per heavy atom. The SMILES string of the molecule is CCNC(=O)C(CC)N(Cc1ccc(F)cc1)C(=O)CCCN1C(=O)c2cccc3cccc1c23. The second-order valence-electron chi connectivity index (χ2n) is 8.71. The number of carbonyl (C=O) groups is 3. The monoisotopic (exact) mass is 475 g/mol. The molecule has 3 amide bonds. The first-order valence-electron chi connectivity index (χ1n) is 12.1. The van der Waals surface area contributed by atoms with Gasteiger partial charge in [-0.3, -0.25) is 14.4 Å². The molecule has 0 bridgehead atoms. The lowest BCUT2D eigenvalue weighted by Crippen LogP contribution is -2.49. The zero-order valence-electron chi connectivity index (χ0n) is 20.1. The topological polar surface area (TPSA) is 69.7 Å². The summed E-state index contributed by atoms with van der Waals surface area (Å²) >= 11 is 0. The Kier molecular flexibility index (Phi) is 7.44. The quantitative estimate of drug-likeness (QED) is 0.464. The van der Waals surface area contributed by atoms with Crippen molar-refractivity contribution in [2.45, 2.75) is 45.7 Å². The zero-order valence-corrected chi connectivity index (χ0v) is 20.1. The molecule has 3 aromatic rings. The van der Waals surface area contributed by atoms with Gasteiger partial charge in [-0.15, -0.1) is 0 Å². The Hall–Kier alpha value is -3.74. The van der Waals surface area contributed by atoms with Crippen LogP contribution in [0.15, 0.2) is 60.7 Å². The molecule has 1 unspecified atom stereocenters. The summed E-state index contributed by atoms with van der Waals surface area (Å²) < 4.78 is 13.4. The summed E-state index contributed by atoms with van der Waals surface area (Å²) in [4.78, 5) is 42.4. The van der Waals surface area contributed by atoms with Crippen molar-refractivity contribution in [2.24, 2.45) is 0 Å². The van der Waals surface area contributed by atoms with E-state index in [1.807, 2.05) is 50.2 Å². The molecule has 0 spiro atoms. The van der Waals surface area contributed by atoms with E-state index in [0.717, 1.165) is 22.0 Å². The normalized spacial score (nSPS) is 13.2. The second-order valence-corrected chi connectivity index (χ2v) is 8.71. The van der Waals surface area contributed by atoms with Gasteiger partial charge in [-0.25, -0.2) is 4.39 Å². The third-order valence-electron chi connectivity index (χ3n) is 6.42. The van der Waals surface area contributed by atoms with Crippen molar-refractivity contribution < 1.29 is 18.8 Å². The van der Waals surface area contributed by atoms with Crippen LogP contribution >= 0.6 is 0 Å². The number of rotatable bonds is 10. The summed E-state index contributed by atoms with van der Waals surface area (Å²) in [5.41, 5.74) is 2.30. The van der Waals surface area contributed by atoms with Crippen molar-refractivity contribution in [1.29, 1.82) is 0 Å². The van der Waals surface area contributed by atoms with Crippen LogP contribution < -0.4 is 10.2 Å². The standard InChI is InChI=1S/C28H30FN3O3/c1-3-23(27(34)30-4-2)32(18-19-13-15-21(29)16-14-19)25(33)12-7-17-31-24-11-6-9-20-8-5-10-22(26(20)24)28(31)35/h5-6,8-11,13-16,23H,3-4,7,12,17-18H2,1-2H3,(H,30,34). The van der Waals surface area contributed by atoms with Gasteiger partial charge in [-0.2, -0.15) is 0 Å². The van der Waals surface area contributed by atoms with Crippen LogP contribution in [0.2, 0.25) is 0 Å². The Bertz CT molecular complexity index is 1240. The maximum absolute atomic E-state index is 13.4. The first-order valence-corrected chi connectivity index (χ1v) is 12.1. The molecule has 0 saturated carbocycles. The van der Waals surface area contributed by atoms with E-state index in [1.165, 1.54) is 12.1 Å².